The van der Waals surface area contributed by atoms with E-state index < -0.39 is 0 Å². The van der Waals surface area contributed by atoms with Crippen LogP contribution in [-0.4, -0.2) is 12.1 Å². The Labute approximate surface area is 268 Å². The lowest BCUT2D eigenvalue weighted by molar-refractivity contribution is -0.697. The number of hydrogen-bond donors (Lipinski definition) is 0. The minimum Gasteiger partial charge on any atom is -1.00 e. The van der Waals surface area contributed by atoms with E-state index in [-0.39, 0.29) is 22.5 Å². The molecule has 0 bridgehead atoms. The Morgan fingerprint density at radius 1 is 0.439 bits per heavy atom. The molecular formula is C37H72BrNO2. The summed E-state index contributed by atoms with van der Waals surface area (Å²) >= 11 is 0. The molecule has 0 aliphatic heterocycles. The maximum Gasteiger partial charge on any atom is 0.172 e. The number of pyridine rings is 1. The van der Waals surface area contributed by atoms with Crippen LogP contribution >= 0.6 is 0 Å². The summed E-state index contributed by atoms with van der Waals surface area (Å²) in [5.41, 5.74) is 0. The minimum absolute atomic E-state index is 0. The molecule has 0 saturated heterocycles. The second-order valence-corrected chi connectivity index (χ2v) is 12.3. The van der Waals surface area contributed by atoms with E-state index in [1.54, 1.807) is 0 Å². The largest absolute Gasteiger partial charge is 1.00 e. The van der Waals surface area contributed by atoms with Crippen LogP contribution in [0.1, 0.15) is 194 Å². The van der Waals surface area contributed by atoms with E-state index in [2.05, 4.69) is 42.9 Å². The molecule has 0 spiro atoms. The van der Waals surface area contributed by atoms with Crippen molar-refractivity contribution >= 4 is 0 Å². The van der Waals surface area contributed by atoms with Gasteiger partial charge in [-0.25, -0.2) is 4.57 Å². The topological polar surface area (TPSA) is 44.6 Å². The standard InChI is InChI=1S/C37H70NO.BrH.H2O/c1-3-5-7-9-11-13-15-17-19-21-23-25-27-29-33-38-34-31-37(32-35-38)39-36-30-28-26-24-22-20-18-16-14-12-10-8-6-4-2;;/h31-32,34-35H,3-30,33,36H2,1-2H3;1H;1H2/q+1;;/p-1. The number of unbranched alkanes of at least 4 members (excludes halogenated alkanes) is 26. The highest BCUT2D eigenvalue weighted by Gasteiger charge is 2.02. The fourth-order valence-electron chi connectivity index (χ4n) is 5.66. The van der Waals surface area contributed by atoms with Gasteiger partial charge in [-0.05, 0) is 12.8 Å². The van der Waals surface area contributed by atoms with E-state index in [0.717, 1.165) is 18.9 Å². The third-order valence-electron chi connectivity index (χ3n) is 8.40. The first kappa shape index (κ1) is 42.5. The van der Waals surface area contributed by atoms with E-state index in [1.807, 2.05) is 0 Å². The molecule has 0 fully saturated rings. The van der Waals surface area contributed by atoms with Crippen molar-refractivity contribution in [3.05, 3.63) is 24.5 Å². The van der Waals surface area contributed by atoms with Crippen molar-refractivity contribution in [2.45, 2.75) is 200 Å². The maximum absolute atomic E-state index is 5.98. The van der Waals surface area contributed by atoms with Crippen molar-refractivity contribution in [3.8, 4) is 5.75 Å². The Hall–Kier alpha value is -0.610. The highest BCUT2D eigenvalue weighted by Crippen LogP contribution is 2.15. The Morgan fingerprint density at radius 3 is 1.07 bits per heavy atom. The molecule has 0 aliphatic rings. The maximum atomic E-state index is 5.98. The van der Waals surface area contributed by atoms with Crippen molar-refractivity contribution in [2.24, 2.45) is 0 Å². The number of halogens is 1. The average molecular weight is 643 g/mol. The summed E-state index contributed by atoms with van der Waals surface area (Å²) in [6, 6.07) is 4.29. The summed E-state index contributed by atoms with van der Waals surface area (Å²) in [6.45, 7) is 6.60. The number of aryl methyl sites for hydroxylation is 1. The van der Waals surface area contributed by atoms with Crippen molar-refractivity contribution in [1.82, 2.24) is 0 Å². The number of rotatable bonds is 31. The third-order valence-corrected chi connectivity index (χ3v) is 8.40. The quantitative estimate of drug-likeness (QED) is 0.0592. The summed E-state index contributed by atoms with van der Waals surface area (Å²) in [7, 11) is 0. The molecule has 41 heavy (non-hydrogen) atoms. The first-order valence-electron chi connectivity index (χ1n) is 18.0. The Morgan fingerprint density at radius 2 is 0.732 bits per heavy atom. The zero-order valence-electron chi connectivity index (χ0n) is 27.8. The molecule has 3 nitrogen and oxygen atoms in total. The number of ether oxygens (including phenoxy) is 1. The molecule has 244 valence electrons. The van der Waals surface area contributed by atoms with Crippen molar-refractivity contribution in [1.29, 1.82) is 0 Å². The molecule has 1 aromatic rings. The van der Waals surface area contributed by atoms with Gasteiger partial charge in [0.1, 0.15) is 12.3 Å². The highest BCUT2D eigenvalue weighted by atomic mass is 79.9. The second kappa shape index (κ2) is 35.6. The van der Waals surface area contributed by atoms with E-state index in [9.17, 15) is 0 Å². The van der Waals surface area contributed by atoms with Crippen LogP contribution in [0.25, 0.3) is 0 Å². The van der Waals surface area contributed by atoms with Gasteiger partial charge >= 0.3 is 0 Å². The van der Waals surface area contributed by atoms with Gasteiger partial charge in [-0.1, -0.05) is 174 Å². The monoisotopic (exact) mass is 641 g/mol. The van der Waals surface area contributed by atoms with Crippen LogP contribution in [0.4, 0.5) is 0 Å². The summed E-state index contributed by atoms with van der Waals surface area (Å²) in [5, 5.41) is 0. The molecule has 1 heterocycles. The Balaban J connectivity index is 0. The lowest BCUT2D eigenvalue weighted by atomic mass is 10.0. The number of hydrogen-bond acceptors (Lipinski definition) is 1. The van der Waals surface area contributed by atoms with Crippen molar-refractivity contribution < 1.29 is 31.8 Å². The average Bonchev–Trinajstić information content (AvgIpc) is 2.96. The van der Waals surface area contributed by atoms with Gasteiger partial charge in [0, 0.05) is 18.6 Å². The van der Waals surface area contributed by atoms with E-state index >= 15 is 0 Å². The van der Waals surface area contributed by atoms with Crippen LogP contribution in [0, 0.1) is 0 Å². The molecule has 4 heteroatoms. The summed E-state index contributed by atoms with van der Waals surface area (Å²) in [6.07, 6.45) is 43.9. The molecule has 0 aliphatic carbocycles. The molecular weight excluding hydrogens is 570 g/mol. The van der Waals surface area contributed by atoms with Gasteiger partial charge in [-0.15, -0.1) is 0 Å². The van der Waals surface area contributed by atoms with E-state index in [0.29, 0.717) is 0 Å². The molecule has 0 radical (unpaired) electrons. The number of nitrogens with zero attached hydrogens (tertiary/aromatic N) is 1. The second-order valence-electron chi connectivity index (χ2n) is 12.3. The first-order chi connectivity index (χ1) is 19.4. The smallest absolute Gasteiger partial charge is 0.172 e. The molecule has 0 aromatic carbocycles. The molecule has 1 rings (SSSR count). The first-order valence-corrected chi connectivity index (χ1v) is 18.0. The predicted molar refractivity (Wildman–Crippen MR) is 176 cm³/mol. The van der Waals surface area contributed by atoms with Crippen LogP contribution in [0.3, 0.4) is 0 Å². The molecule has 0 amide bonds. The predicted octanol–water partition coefficient (Wildman–Crippen LogP) is 8.49. The lowest BCUT2D eigenvalue weighted by Crippen LogP contribution is -3.00. The summed E-state index contributed by atoms with van der Waals surface area (Å²) in [5.74, 6) is 1.03. The van der Waals surface area contributed by atoms with Gasteiger partial charge in [0.05, 0.1) is 6.61 Å². The normalized spacial score (nSPS) is 10.8. The molecule has 1 aromatic heterocycles. The van der Waals surface area contributed by atoms with Crippen molar-refractivity contribution in [2.75, 3.05) is 6.61 Å². The van der Waals surface area contributed by atoms with Crippen LogP contribution in [0.15, 0.2) is 24.5 Å². The molecule has 0 saturated carbocycles. The zero-order chi connectivity index (χ0) is 27.9. The van der Waals surface area contributed by atoms with Crippen LogP contribution in [0.2, 0.25) is 0 Å². The number of aromatic nitrogens is 1. The molecule has 2 N–H and O–H groups in total. The molecule has 0 unspecified atom stereocenters. The van der Waals surface area contributed by atoms with E-state index in [1.165, 1.54) is 180 Å². The lowest BCUT2D eigenvalue weighted by Gasteiger charge is -2.06. The SMILES string of the molecule is CCCCCCCCCCCCCCCCOc1cc[n+](CCCCCCCCCCCCCCCC)cc1.O.[Br-]. The van der Waals surface area contributed by atoms with Crippen LogP contribution in [-0.2, 0) is 6.54 Å². The molecule has 0 atom stereocenters. The van der Waals surface area contributed by atoms with Gasteiger partial charge in [-0.2, -0.15) is 0 Å². The third kappa shape index (κ3) is 30.6. The van der Waals surface area contributed by atoms with Gasteiger partial charge in [0.15, 0.2) is 12.4 Å². The summed E-state index contributed by atoms with van der Waals surface area (Å²) < 4.78 is 8.30. The van der Waals surface area contributed by atoms with E-state index in [4.69, 9.17) is 4.74 Å². The fraction of sp³-hybridized carbons (Fsp3) is 0.865. The Bertz CT molecular complexity index is 595. The highest BCUT2D eigenvalue weighted by molar-refractivity contribution is 5.14. The van der Waals surface area contributed by atoms with Gasteiger partial charge in [0.25, 0.3) is 0 Å². The zero-order valence-corrected chi connectivity index (χ0v) is 29.3. The fourth-order valence-corrected chi connectivity index (χ4v) is 5.66. The van der Waals surface area contributed by atoms with Crippen LogP contribution in [0.5, 0.6) is 5.75 Å². The summed E-state index contributed by atoms with van der Waals surface area (Å²) in [4.78, 5) is 0. The van der Waals surface area contributed by atoms with Gasteiger partial charge in [-0.3, -0.25) is 0 Å². The van der Waals surface area contributed by atoms with Crippen molar-refractivity contribution in [3.63, 3.8) is 0 Å². The van der Waals surface area contributed by atoms with Gasteiger partial charge < -0.3 is 27.2 Å². The minimum atomic E-state index is 0. The van der Waals surface area contributed by atoms with Crippen LogP contribution < -0.4 is 26.3 Å². The Kier molecular flexibility index (Phi) is 36.9. The van der Waals surface area contributed by atoms with Gasteiger partial charge in [0.2, 0.25) is 0 Å².